The molecule has 0 aliphatic rings. The number of nitrogens with zero attached hydrogens (tertiary/aromatic N) is 2. The number of benzene rings is 1. The van der Waals surface area contributed by atoms with Crippen LogP contribution in [0.25, 0.3) is 11.4 Å². The molecule has 0 aliphatic heterocycles. The fourth-order valence-electron chi connectivity index (χ4n) is 2.15. The number of rotatable bonds is 6. The number of carbonyl (C=O) groups is 1. The smallest absolute Gasteiger partial charge is 0.227 e. The lowest BCUT2D eigenvalue weighted by molar-refractivity contribution is -0.121. The number of thiophene rings is 1. The van der Waals surface area contributed by atoms with Crippen molar-refractivity contribution in [1.82, 2.24) is 15.5 Å². The summed E-state index contributed by atoms with van der Waals surface area (Å²) in [5.41, 5.74) is 2.02. The number of carbonyl (C=O) groups excluding carboxylic acids is 1. The Balaban J connectivity index is 1.51. The Labute approximate surface area is 148 Å². The van der Waals surface area contributed by atoms with Crippen molar-refractivity contribution in [2.75, 3.05) is 0 Å². The summed E-state index contributed by atoms with van der Waals surface area (Å²) in [4.78, 5) is 17.4. The molecule has 0 aliphatic carbocycles. The normalized spacial score (nSPS) is 10.8. The van der Waals surface area contributed by atoms with Gasteiger partial charge in [-0.15, -0.1) is 11.3 Å². The van der Waals surface area contributed by atoms with E-state index in [0.29, 0.717) is 36.1 Å². The van der Waals surface area contributed by atoms with Gasteiger partial charge in [0.15, 0.2) is 0 Å². The van der Waals surface area contributed by atoms with E-state index in [1.807, 2.05) is 30.5 Å². The molecule has 5 nitrogen and oxygen atoms in total. The van der Waals surface area contributed by atoms with Crippen molar-refractivity contribution in [3.05, 3.63) is 57.1 Å². The van der Waals surface area contributed by atoms with Gasteiger partial charge < -0.3 is 9.84 Å². The molecule has 0 fully saturated rings. The fourth-order valence-corrected chi connectivity index (χ4v) is 3.12. The van der Waals surface area contributed by atoms with E-state index in [0.717, 1.165) is 5.56 Å². The minimum atomic E-state index is -0.0333. The highest BCUT2D eigenvalue weighted by Gasteiger charge is 2.11. The van der Waals surface area contributed by atoms with Crippen LogP contribution in [0.3, 0.4) is 0 Å². The van der Waals surface area contributed by atoms with Crippen LogP contribution in [0.1, 0.15) is 22.8 Å². The van der Waals surface area contributed by atoms with Crippen LogP contribution in [-0.4, -0.2) is 16.0 Å². The molecule has 3 aromatic rings. The monoisotopic (exact) mass is 361 g/mol. The average molecular weight is 362 g/mol. The van der Waals surface area contributed by atoms with E-state index < -0.39 is 0 Å². The van der Waals surface area contributed by atoms with Crippen molar-refractivity contribution in [2.45, 2.75) is 26.3 Å². The minimum Gasteiger partial charge on any atom is -0.351 e. The van der Waals surface area contributed by atoms with Gasteiger partial charge in [-0.2, -0.15) is 4.98 Å². The highest BCUT2D eigenvalue weighted by molar-refractivity contribution is 7.10. The fraction of sp³-hybridized carbons (Fsp3) is 0.235. The lowest BCUT2D eigenvalue weighted by atomic mass is 10.2. The maximum atomic E-state index is 11.9. The largest absolute Gasteiger partial charge is 0.351 e. The maximum Gasteiger partial charge on any atom is 0.227 e. The Hall–Kier alpha value is -2.18. The average Bonchev–Trinajstić information content (AvgIpc) is 3.21. The van der Waals surface area contributed by atoms with Crippen LogP contribution < -0.4 is 5.32 Å². The van der Waals surface area contributed by atoms with Gasteiger partial charge in [-0.3, -0.25) is 4.79 Å². The summed E-state index contributed by atoms with van der Waals surface area (Å²) < 4.78 is 5.20. The summed E-state index contributed by atoms with van der Waals surface area (Å²) >= 11 is 7.50. The molecule has 0 unspecified atom stereocenters. The Morgan fingerprint density at radius 1 is 1.29 bits per heavy atom. The summed E-state index contributed by atoms with van der Waals surface area (Å²) in [5, 5.41) is 9.52. The topological polar surface area (TPSA) is 68.0 Å². The zero-order chi connectivity index (χ0) is 16.9. The first kappa shape index (κ1) is 16.7. The lowest BCUT2D eigenvalue weighted by Gasteiger charge is -2.03. The van der Waals surface area contributed by atoms with Gasteiger partial charge in [0.25, 0.3) is 0 Å². The van der Waals surface area contributed by atoms with Gasteiger partial charge in [0.05, 0.1) is 6.54 Å². The van der Waals surface area contributed by atoms with E-state index in [1.54, 1.807) is 23.5 Å². The van der Waals surface area contributed by atoms with E-state index in [2.05, 4.69) is 15.5 Å². The van der Waals surface area contributed by atoms with Gasteiger partial charge >= 0.3 is 0 Å². The molecule has 0 bridgehead atoms. The van der Waals surface area contributed by atoms with E-state index >= 15 is 0 Å². The number of nitrogens with one attached hydrogen (secondary N) is 1. The summed E-state index contributed by atoms with van der Waals surface area (Å²) in [5.74, 6) is 0.910. The highest BCUT2D eigenvalue weighted by Crippen LogP contribution is 2.19. The third-order valence-corrected chi connectivity index (χ3v) is 4.83. The van der Waals surface area contributed by atoms with Crippen molar-refractivity contribution >= 4 is 28.8 Å². The SMILES string of the molecule is Cc1ccsc1CNC(=O)CCc1nc(-c2ccc(Cl)cc2)no1. The molecule has 7 heteroatoms. The standard InChI is InChI=1S/C17H16ClN3O2S/c1-11-8-9-24-14(11)10-19-15(22)6-7-16-20-17(21-23-16)12-2-4-13(18)5-3-12/h2-5,8-9H,6-7,10H2,1H3,(H,19,22). The van der Waals surface area contributed by atoms with Gasteiger partial charge in [-0.1, -0.05) is 16.8 Å². The second-order valence-corrected chi connectivity index (χ2v) is 6.76. The molecular formula is C17H16ClN3O2S. The van der Waals surface area contributed by atoms with Crippen molar-refractivity contribution < 1.29 is 9.32 Å². The maximum absolute atomic E-state index is 11.9. The number of aryl methyl sites for hydroxylation is 2. The van der Waals surface area contributed by atoms with Crippen molar-refractivity contribution in [3.63, 3.8) is 0 Å². The Morgan fingerprint density at radius 3 is 2.79 bits per heavy atom. The number of amides is 1. The molecule has 0 atom stereocenters. The highest BCUT2D eigenvalue weighted by atomic mass is 35.5. The lowest BCUT2D eigenvalue weighted by Crippen LogP contribution is -2.22. The molecule has 2 heterocycles. The van der Waals surface area contributed by atoms with Gasteiger partial charge in [-0.05, 0) is 48.2 Å². The van der Waals surface area contributed by atoms with Crippen molar-refractivity contribution in [1.29, 1.82) is 0 Å². The third-order valence-electron chi connectivity index (χ3n) is 3.55. The molecule has 1 aromatic carbocycles. The molecule has 0 radical (unpaired) electrons. The van der Waals surface area contributed by atoms with Gasteiger partial charge in [-0.25, -0.2) is 0 Å². The van der Waals surface area contributed by atoms with E-state index in [1.165, 1.54) is 10.4 Å². The molecule has 1 N–H and O–H groups in total. The predicted octanol–water partition coefficient (Wildman–Crippen LogP) is 4.01. The zero-order valence-corrected chi connectivity index (χ0v) is 14.7. The first-order chi connectivity index (χ1) is 11.6. The Kier molecular flexibility index (Phi) is 5.27. The van der Waals surface area contributed by atoms with Crippen molar-refractivity contribution in [2.24, 2.45) is 0 Å². The van der Waals surface area contributed by atoms with E-state index in [4.69, 9.17) is 16.1 Å². The summed E-state index contributed by atoms with van der Waals surface area (Å²) in [7, 11) is 0. The van der Waals surface area contributed by atoms with Crippen LogP contribution in [-0.2, 0) is 17.8 Å². The van der Waals surface area contributed by atoms with Crippen LogP contribution in [0.4, 0.5) is 0 Å². The van der Waals surface area contributed by atoms with Gasteiger partial charge in [0, 0.05) is 28.3 Å². The van der Waals surface area contributed by atoms with Crippen LogP contribution in [0.5, 0.6) is 0 Å². The Morgan fingerprint density at radius 2 is 2.08 bits per heavy atom. The molecule has 0 saturated carbocycles. The first-order valence-corrected chi connectivity index (χ1v) is 8.76. The number of halogens is 1. The third kappa shape index (κ3) is 4.21. The van der Waals surface area contributed by atoms with Crippen LogP contribution in [0, 0.1) is 6.92 Å². The molecule has 124 valence electrons. The van der Waals surface area contributed by atoms with Crippen LogP contribution in [0.15, 0.2) is 40.2 Å². The van der Waals surface area contributed by atoms with Crippen LogP contribution >= 0.6 is 22.9 Å². The Bertz CT molecular complexity index is 826. The molecule has 1 amide bonds. The first-order valence-electron chi connectivity index (χ1n) is 7.50. The van der Waals surface area contributed by atoms with Gasteiger partial charge in [0.1, 0.15) is 0 Å². The second-order valence-electron chi connectivity index (χ2n) is 5.32. The summed E-state index contributed by atoms with van der Waals surface area (Å²) in [6, 6.07) is 9.24. The van der Waals surface area contributed by atoms with Crippen molar-refractivity contribution in [3.8, 4) is 11.4 Å². The predicted molar refractivity (Wildman–Crippen MR) is 94.0 cm³/mol. The van der Waals surface area contributed by atoms with Gasteiger partial charge in [0.2, 0.25) is 17.6 Å². The number of aromatic nitrogens is 2. The zero-order valence-electron chi connectivity index (χ0n) is 13.1. The number of hydrogen-bond donors (Lipinski definition) is 1. The van der Waals surface area contributed by atoms with E-state index in [-0.39, 0.29) is 5.91 Å². The molecule has 24 heavy (non-hydrogen) atoms. The number of hydrogen-bond acceptors (Lipinski definition) is 5. The summed E-state index contributed by atoms with van der Waals surface area (Å²) in [6.45, 7) is 2.59. The minimum absolute atomic E-state index is 0.0333. The second kappa shape index (κ2) is 7.59. The quantitative estimate of drug-likeness (QED) is 0.720. The molecule has 3 rings (SSSR count). The molecular weight excluding hydrogens is 346 g/mol. The molecule has 2 aromatic heterocycles. The van der Waals surface area contributed by atoms with Crippen LogP contribution in [0.2, 0.25) is 5.02 Å². The van der Waals surface area contributed by atoms with E-state index in [9.17, 15) is 4.79 Å². The summed E-state index contributed by atoms with van der Waals surface area (Å²) in [6.07, 6.45) is 0.725. The molecule has 0 saturated heterocycles. The molecule has 0 spiro atoms.